The van der Waals surface area contributed by atoms with Crippen LogP contribution in [0.5, 0.6) is 0 Å². The number of nitrogens with one attached hydrogen (secondary N) is 1. The number of anilines is 1. The molecular formula is C14H19N5O3. The Hall–Kier alpha value is -2.64. The van der Waals surface area contributed by atoms with Gasteiger partial charge in [-0.1, -0.05) is 6.92 Å². The van der Waals surface area contributed by atoms with Crippen LogP contribution in [-0.2, 0) is 17.9 Å². The van der Waals surface area contributed by atoms with Gasteiger partial charge in [-0.25, -0.2) is 9.48 Å². The summed E-state index contributed by atoms with van der Waals surface area (Å²) in [7, 11) is 0. The number of hydrogen-bond donors (Lipinski definition) is 2. The van der Waals surface area contributed by atoms with Gasteiger partial charge < -0.3 is 10.4 Å². The summed E-state index contributed by atoms with van der Waals surface area (Å²) in [5, 5.41) is 19.9. The average Bonchev–Trinajstić information content (AvgIpc) is 3.04. The Morgan fingerprint density at radius 3 is 2.77 bits per heavy atom. The smallest absolute Gasteiger partial charge is 0.338 e. The molecule has 2 rings (SSSR count). The summed E-state index contributed by atoms with van der Waals surface area (Å²) in [6.07, 6.45) is 3.80. The van der Waals surface area contributed by atoms with E-state index in [2.05, 4.69) is 15.5 Å². The number of aromatic nitrogens is 4. The van der Waals surface area contributed by atoms with Gasteiger partial charge in [0.05, 0.1) is 17.5 Å². The van der Waals surface area contributed by atoms with Gasteiger partial charge in [0.2, 0.25) is 5.91 Å². The Bertz CT molecular complexity index is 674. The first kappa shape index (κ1) is 15.7. The SMILES string of the molecule is CCCn1nc(C)cc1NC(=O)CCn1cc(C(=O)O)cn1. The predicted octanol–water partition coefficient (Wildman–Crippen LogP) is 1.53. The largest absolute Gasteiger partial charge is 0.478 e. The molecule has 8 nitrogen and oxygen atoms in total. The Labute approximate surface area is 127 Å². The number of nitrogens with zero attached hydrogens (tertiary/aromatic N) is 4. The summed E-state index contributed by atoms with van der Waals surface area (Å²) in [5.41, 5.74) is 0.957. The highest BCUT2D eigenvalue weighted by Crippen LogP contribution is 2.11. The Balaban J connectivity index is 1.91. The summed E-state index contributed by atoms with van der Waals surface area (Å²) in [5.74, 6) is -0.518. The molecule has 0 radical (unpaired) electrons. The van der Waals surface area contributed by atoms with Gasteiger partial charge in [0.15, 0.2) is 0 Å². The van der Waals surface area contributed by atoms with Gasteiger partial charge >= 0.3 is 5.97 Å². The van der Waals surface area contributed by atoms with Crippen LogP contribution in [0, 0.1) is 6.92 Å². The van der Waals surface area contributed by atoms with Crippen molar-refractivity contribution in [1.29, 1.82) is 0 Å². The molecule has 0 fully saturated rings. The molecule has 0 aliphatic rings. The molecule has 0 aliphatic carbocycles. The maximum Gasteiger partial charge on any atom is 0.338 e. The van der Waals surface area contributed by atoms with Gasteiger partial charge in [-0.15, -0.1) is 0 Å². The maximum atomic E-state index is 12.0. The van der Waals surface area contributed by atoms with E-state index in [0.717, 1.165) is 18.7 Å². The van der Waals surface area contributed by atoms with E-state index in [9.17, 15) is 9.59 Å². The predicted molar refractivity (Wildman–Crippen MR) is 79.7 cm³/mol. The van der Waals surface area contributed by atoms with Crippen LogP contribution in [0.3, 0.4) is 0 Å². The average molecular weight is 305 g/mol. The zero-order valence-electron chi connectivity index (χ0n) is 12.6. The minimum Gasteiger partial charge on any atom is -0.478 e. The van der Waals surface area contributed by atoms with E-state index in [1.54, 1.807) is 4.68 Å². The fourth-order valence-corrected chi connectivity index (χ4v) is 2.05. The highest BCUT2D eigenvalue weighted by molar-refractivity contribution is 5.90. The number of amides is 1. The van der Waals surface area contributed by atoms with Gasteiger partial charge in [0.25, 0.3) is 0 Å². The second-order valence-electron chi connectivity index (χ2n) is 4.99. The molecule has 0 aliphatic heterocycles. The quantitative estimate of drug-likeness (QED) is 0.807. The van der Waals surface area contributed by atoms with Crippen molar-refractivity contribution in [3.63, 3.8) is 0 Å². The zero-order chi connectivity index (χ0) is 16.1. The summed E-state index contributed by atoms with van der Waals surface area (Å²) < 4.78 is 3.21. The van der Waals surface area contributed by atoms with Crippen LogP contribution in [-0.4, -0.2) is 36.5 Å². The van der Waals surface area contributed by atoms with Gasteiger partial charge in [-0.3, -0.25) is 9.48 Å². The van der Waals surface area contributed by atoms with Crippen molar-refractivity contribution in [3.8, 4) is 0 Å². The summed E-state index contributed by atoms with van der Waals surface area (Å²) in [4.78, 5) is 22.7. The minimum absolute atomic E-state index is 0.108. The lowest BCUT2D eigenvalue weighted by Gasteiger charge is -2.07. The van der Waals surface area contributed by atoms with Crippen LogP contribution in [0.1, 0.15) is 35.8 Å². The lowest BCUT2D eigenvalue weighted by molar-refractivity contribution is -0.116. The molecule has 1 amide bonds. The molecule has 0 bridgehead atoms. The highest BCUT2D eigenvalue weighted by atomic mass is 16.4. The number of carbonyl (C=O) groups is 2. The summed E-state index contributed by atoms with van der Waals surface area (Å²) in [6, 6.07) is 1.82. The second kappa shape index (κ2) is 6.88. The third-order valence-corrected chi connectivity index (χ3v) is 3.05. The molecule has 0 saturated heterocycles. The molecule has 2 N–H and O–H groups in total. The van der Waals surface area contributed by atoms with Crippen LogP contribution in [0.15, 0.2) is 18.5 Å². The zero-order valence-corrected chi connectivity index (χ0v) is 12.6. The normalized spacial score (nSPS) is 10.6. The number of aromatic carboxylic acids is 1. The monoisotopic (exact) mass is 305 g/mol. The molecule has 0 saturated carbocycles. The topological polar surface area (TPSA) is 102 Å². The number of carbonyl (C=O) groups excluding carboxylic acids is 1. The van der Waals surface area contributed by atoms with Crippen molar-refractivity contribution in [3.05, 3.63) is 29.7 Å². The summed E-state index contributed by atoms with van der Waals surface area (Å²) in [6.45, 7) is 4.98. The molecule has 22 heavy (non-hydrogen) atoms. The van der Waals surface area contributed by atoms with Gasteiger partial charge in [0.1, 0.15) is 5.82 Å². The van der Waals surface area contributed by atoms with E-state index >= 15 is 0 Å². The first-order valence-corrected chi connectivity index (χ1v) is 7.09. The minimum atomic E-state index is -1.03. The van der Waals surface area contributed by atoms with E-state index in [-0.39, 0.29) is 17.9 Å². The van der Waals surface area contributed by atoms with Gasteiger partial charge in [-0.05, 0) is 13.3 Å². The van der Waals surface area contributed by atoms with E-state index in [1.807, 2.05) is 19.9 Å². The van der Waals surface area contributed by atoms with E-state index < -0.39 is 5.97 Å². The van der Waals surface area contributed by atoms with Crippen LogP contribution < -0.4 is 5.32 Å². The number of aryl methyl sites for hydroxylation is 3. The summed E-state index contributed by atoms with van der Waals surface area (Å²) >= 11 is 0. The van der Waals surface area contributed by atoms with Gasteiger partial charge in [-0.2, -0.15) is 10.2 Å². The molecule has 118 valence electrons. The van der Waals surface area contributed by atoms with E-state index in [0.29, 0.717) is 12.4 Å². The van der Waals surface area contributed by atoms with Crippen LogP contribution in [0.4, 0.5) is 5.82 Å². The standard InChI is InChI=1S/C14H19N5O3/c1-3-5-19-12(7-10(2)17-19)16-13(20)4-6-18-9-11(8-15-18)14(21)22/h7-9H,3-6H2,1-2H3,(H,16,20)(H,21,22). The van der Waals surface area contributed by atoms with Crippen molar-refractivity contribution >= 4 is 17.7 Å². The third kappa shape index (κ3) is 3.94. The van der Waals surface area contributed by atoms with Crippen LogP contribution >= 0.6 is 0 Å². The Morgan fingerprint density at radius 2 is 2.14 bits per heavy atom. The molecule has 2 aromatic rings. The van der Waals surface area contributed by atoms with Crippen molar-refractivity contribution in [1.82, 2.24) is 19.6 Å². The van der Waals surface area contributed by atoms with Crippen LogP contribution in [0.25, 0.3) is 0 Å². The Kier molecular flexibility index (Phi) is 4.92. The lowest BCUT2D eigenvalue weighted by Crippen LogP contribution is -2.17. The molecular weight excluding hydrogens is 286 g/mol. The fraction of sp³-hybridized carbons (Fsp3) is 0.429. The fourth-order valence-electron chi connectivity index (χ4n) is 2.05. The number of carboxylic acid groups (broad SMARTS) is 1. The van der Waals surface area contributed by atoms with Crippen molar-refractivity contribution in [2.75, 3.05) is 5.32 Å². The Morgan fingerprint density at radius 1 is 1.36 bits per heavy atom. The van der Waals surface area contributed by atoms with Crippen LogP contribution in [0.2, 0.25) is 0 Å². The second-order valence-corrected chi connectivity index (χ2v) is 4.99. The third-order valence-electron chi connectivity index (χ3n) is 3.05. The van der Waals surface area contributed by atoms with E-state index in [1.165, 1.54) is 17.1 Å². The van der Waals surface area contributed by atoms with Crippen molar-refractivity contribution in [2.24, 2.45) is 0 Å². The number of rotatable bonds is 7. The number of hydrogen-bond acceptors (Lipinski definition) is 4. The molecule has 8 heteroatoms. The first-order valence-electron chi connectivity index (χ1n) is 7.09. The van der Waals surface area contributed by atoms with Crippen molar-refractivity contribution in [2.45, 2.75) is 39.8 Å². The van der Waals surface area contributed by atoms with Crippen molar-refractivity contribution < 1.29 is 14.7 Å². The first-order chi connectivity index (χ1) is 10.5. The number of carboxylic acids is 1. The molecule has 2 aromatic heterocycles. The van der Waals surface area contributed by atoms with Gasteiger partial charge in [0, 0.05) is 31.8 Å². The maximum absolute atomic E-state index is 12.0. The molecule has 0 atom stereocenters. The lowest BCUT2D eigenvalue weighted by atomic mass is 10.3. The molecule has 0 spiro atoms. The molecule has 0 unspecified atom stereocenters. The highest BCUT2D eigenvalue weighted by Gasteiger charge is 2.10. The molecule has 0 aromatic carbocycles. The van der Waals surface area contributed by atoms with E-state index in [4.69, 9.17) is 5.11 Å². The molecule has 2 heterocycles.